The molecule has 0 aliphatic carbocycles. The maximum atomic E-state index is 16.1. The summed E-state index contributed by atoms with van der Waals surface area (Å²) in [5.74, 6) is 1.03. The molecule has 318 valence electrons. The molecule has 0 saturated carbocycles. The van der Waals surface area contributed by atoms with Crippen LogP contribution in [0.15, 0.2) is 170 Å². The van der Waals surface area contributed by atoms with Crippen LogP contribution in [-0.4, -0.2) is 24.1 Å². The summed E-state index contributed by atoms with van der Waals surface area (Å²) < 4.78 is 51.9. The highest BCUT2D eigenvalue weighted by atomic mass is 19.4. The molecule has 68 heavy (non-hydrogen) atoms. The van der Waals surface area contributed by atoms with Gasteiger partial charge in [0, 0.05) is 27.5 Å². The Labute approximate surface area is 385 Å². The lowest BCUT2D eigenvalue weighted by Gasteiger charge is -2.21. The number of nitriles is 2. The first-order valence-electron chi connectivity index (χ1n) is 21.1. The van der Waals surface area contributed by atoms with Crippen LogP contribution in [0, 0.1) is 35.8 Å². The highest BCUT2D eigenvalue weighted by Crippen LogP contribution is 2.46. The predicted molar refractivity (Wildman–Crippen MR) is 257 cm³/mol. The number of hydrogen-bond donors (Lipinski definition) is 0. The van der Waals surface area contributed by atoms with Gasteiger partial charge in [0.15, 0.2) is 28.8 Å². The molecule has 8 aromatic carbocycles. The second-order valence-electron chi connectivity index (χ2n) is 16.0. The summed E-state index contributed by atoms with van der Waals surface area (Å²) in [5.41, 5.74) is 4.93. The van der Waals surface area contributed by atoms with Gasteiger partial charge < -0.3 is 9.13 Å². The van der Waals surface area contributed by atoms with Crippen molar-refractivity contribution < 1.29 is 13.2 Å². The maximum Gasteiger partial charge on any atom is 0.419 e. The molecule has 0 fully saturated rings. The van der Waals surface area contributed by atoms with Crippen molar-refractivity contribution in [1.29, 1.82) is 10.5 Å². The fraction of sp³-hybridized carbons (Fsp3) is 0.0179. The topological polar surface area (TPSA) is 105 Å². The molecular formula is C56H28F3N9. The van der Waals surface area contributed by atoms with E-state index in [1.807, 2.05) is 65.2 Å². The van der Waals surface area contributed by atoms with Crippen LogP contribution < -0.4 is 0 Å². The molecule has 12 heteroatoms. The van der Waals surface area contributed by atoms with Crippen LogP contribution in [0.3, 0.4) is 0 Å². The summed E-state index contributed by atoms with van der Waals surface area (Å²) in [6, 6.07) is 52.7. The molecule has 0 unspecified atom stereocenters. The summed E-state index contributed by atoms with van der Waals surface area (Å²) in [6.45, 7) is 15.6. The number of fused-ring (bicyclic) bond motifs is 6. The SMILES string of the molecule is [C-]#[N+]c1ccc2c(c1)c1cc([N+]#[C-])ccc1n2-c1cc(-c2cccc(-n3c4ccc(C#N)cc4c4cc(C#N)ccc43)c2C(F)(F)F)ccc1-c1nc(-c2ccccc2)nc(-c2ccccc2)n1. The lowest BCUT2D eigenvalue weighted by molar-refractivity contribution is -0.136. The average molecular weight is 884 g/mol. The molecule has 0 spiro atoms. The van der Waals surface area contributed by atoms with E-state index in [1.54, 1.807) is 97.1 Å². The predicted octanol–water partition coefficient (Wildman–Crippen LogP) is 14.6. The second kappa shape index (κ2) is 16.0. The largest absolute Gasteiger partial charge is 0.419 e. The number of halogens is 3. The van der Waals surface area contributed by atoms with Crippen molar-refractivity contribution in [1.82, 2.24) is 24.1 Å². The Hall–Kier alpha value is -9.88. The van der Waals surface area contributed by atoms with Gasteiger partial charge >= 0.3 is 6.18 Å². The van der Waals surface area contributed by atoms with Gasteiger partial charge in [-0.1, -0.05) is 91.0 Å². The van der Waals surface area contributed by atoms with Gasteiger partial charge in [-0.05, 0) is 101 Å². The van der Waals surface area contributed by atoms with Crippen molar-refractivity contribution in [3.05, 3.63) is 209 Å². The summed E-state index contributed by atoms with van der Waals surface area (Å²) >= 11 is 0. The third-order valence-electron chi connectivity index (χ3n) is 12.1. The standard InChI is InChI=1S/C56H28F3N9/c1-62-38-19-24-48-44(29-38)45-30-39(63-2)20-25-49(45)68(48)51-28-37(18-21-41(51)55-65-53(35-10-5-3-6-11-35)64-54(66-55)36-12-7-4-8-13-36)40-14-9-15-50(52(40)56(57,58)59)67-46-22-16-33(31-60)26-42(46)43-27-34(32-61)17-23-47(43)67/h3-30H. The molecule has 3 aromatic heterocycles. The molecule has 0 aliphatic heterocycles. The monoisotopic (exact) mass is 883 g/mol. The van der Waals surface area contributed by atoms with E-state index < -0.39 is 11.7 Å². The minimum Gasteiger partial charge on any atom is -0.309 e. The molecule has 3 heterocycles. The van der Waals surface area contributed by atoms with Crippen molar-refractivity contribution >= 4 is 55.0 Å². The van der Waals surface area contributed by atoms with E-state index in [1.165, 1.54) is 16.7 Å². The van der Waals surface area contributed by atoms with E-state index in [0.717, 1.165) is 11.1 Å². The molecule has 0 N–H and O–H groups in total. The number of hydrogen-bond acceptors (Lipinski definition) is 5. The van der Waals surface area contributed by atoms with Crippen LogP contribution in [0.25, 0.3) is 110 Å². The molecule has 0 bridgehead atoms. The molecule has 0 amide bonds. The molecule has 11 rings (SSSR count). The Morgan fingerprint density at radius 2 is 0.912 bits per heavy atom. The lowest BCUT2D eigenvalue weighted by atomic mass is 9.95. The van der Waals surface area contributed by atoms with Gasteiger partial charge in [-0.2, -0.15) is 23.7 Å². The summed E-state index contributed by atoms with van der Waals surface area (Å²) in [6.07, 6.45) is -4.89. The van der Waals surface area contributed by atoms with E-state index in [2.05, 4.69) is 21.8 Å². The second-order valence-corrected chi connectivity index (χ2v) is 16.0. The van der Waals surface area contributed by atoms with Crippen molar-refractivity contribution in [3.63, 3.8) is 0 Å². The van der Waals surface area contributed by atoms with Gasteiger partial charge in [0.1, 0.15) is 0 Å². The van der Waals surface area contributed by atoms with Crippen LogP contribution in [0.1, 0.15) is 16.7 Å². The summed E-state index contributed by atoms with van der Waals surface area (Å²) in [4.78, 5) is 22.3. The Kier molecular flexibility index (Phi) is 9.60. The normalized spacial score (nSPS) is 11.4. The summed E-state index contributed by atoms with van der Waals surface area (Å²) in [7, 11) is 0. The van der Waals surface area contributed by atoms with Crippen LogP contribution in [0.2, 0.25) is 0 Å². The Bertz CT molecular complexity index is 3870. The lowest BCUT2D eigenvalue weighted by Crippen LogP contribution is -2.13. The number of benzene rings is 8. The number of aromatic nitrogens is 5. The first kappa shape index (κ1) is 40.9. The van der Waals surface area contributed by atoms with Gasteiger partial charge in [-0.25, -0.2) is 24.6 Å². The molecule has 0 atom stereocenters. The fourth-order valence-corrected chi connectivity index (χ4v) is 9.09. The van der Waals surface area contributed by atoms with Crippen LogP contribution in [-0.2, 0) is 6.18 Å². The van der Waals surface area contributed by atoms with Crippen molar-refractivity contribution in [2.24, 2.45) is 0 Å². The first-order chi connectivity index (χ1) is 33.1. The minimum atomic E-state index is -4.89. The van der Waals surface area contributed by atoms with Gasteiger partial charge in [-0.15, -0.1) is 0 Å². The minimum absolute atomic E-state index is 0.114. The number of alkyl halides is 3. The Morgan fingerprint density at radius 1 is 0.441 bits per heavy atom. The highest BCUT2D eigenvalue weighted by molar-refractivity contribution is 6.12. The van der Waals surface area contributed by atoms with E-state index >= 15 is 13.2 Å². The highest BCUT2D eigenvalue weighted by Gasteiger charge is 2.38. The van der Waals surface area contributed by atoms with Crippen LogP contribution >= 0.6 is 0 Å². The van der Waals surface area contributed by atoms with Crippen molar-refractivity contribution in [2.45, 2.75) is 6.18 Å². The molecule has 0 aliphatic rings. The van der Waals surface area contributed by atoms with E-state index in [4.69, 9.17) is 28.1 Å². The number of nitrogens with zero attached hydrogens (tertiary/aromatic N) is 9. The van der Waals surface area contributed by atoms with Gasteiger partial charge in [0.25, 0.3) is 0 Å². The maximum absolute atomic E-state index is 16.1. The van der Waals surface area contributed by atoms with Crippen molar-refractivity contribution in [3.8, 4) is 68.8 Å². The Morgan fingerprint density at radius 3 is 1.40 bits per heavy atom. The molecule has 11 aromatic rings. The van der Waals surface area contributed by atoms with E-state index in [-0.39, 0.29) is 22.6 Å². The third-order valence-corrected chi connectivity index (χ3v) is 12.1. The van der Waals surface area contributed by atoms with Crippen molar-refractivity contribution in [2.75, 3.05) is 0 Å². The zero-order valence-electron chi connectivity index (χ0n) is 35.3. The quantitative estimate of drug-likeness (QED) is 0.155. The van der Waals surface area contributed by atoms with Gasteiger partial charge in [0.2, 0.25) is 0 Å². The zero-order chi connectivity index (χ0) is 46.7. The van der Waals surface area contributed by atoms with Crippen LogP contribution in [0.5, 0.6) is 0 Å². The summed E-state index contributed by atoms with van der Waals surface area (Å²) in [5, 5.41) is 22.0. The van der Waals surface area contributed by atoms with Gasteiger partial charge in [0.05, 0.1) is 75.4 Å². The average Bonchev–Trinajstić information content (AvgIpc) is 3.89. The van der Waals surface area contributed by atoms with E-state index in [9.17, 15) is 10.5 Å². The fourth-order valence-electron chi connectivity index (χ4n) is 9.09. The van der Waals surface area contributed by atoms with Gasteiger partial charge in [-0.3, -0.25) is 0 Å². The zero-order valence-corrected chi connectivity index (χ0v) is 35.3. The molecule has 0 radical (unpaired) electrons. The number of rotatable bonds is 6. The smallest absolute Gasteiger partial charge is 0.309 e. The van der Waals surface area contributed by atoms with E-state index in [0.29, 0.717) is 89.0 Å². The molecule has 9 nitrogen and oxygen atoms in total. The Balaban J connectivity index is 1.23. The van der Waals surface area contributed by atoms with Crippen LogP contribution in [0.4, 0.5) is 24.5 Å². The molecule has 0 saturated heterocycles. The molecular weight excluding hydrogens is 856 g/mol. The third kappa shape index (κ3) is 6.73. The first-order valence-corrected chi connectivity index (χ1v) is 21.1.